The van der Waals surface area contributed by atoms with Crippen molar-refractivity contribution in [3.8, 4) is 0 Å². The third-order valence-electron chi connectivity index (χ3n) is 5.32. The third-order valence-corrected chi connectivity index (χ3v) is 5.32. The van der Waals surface area contributed by atoms with Crippen LogP contribution in [0.3, 0.4) is 0 Å². The van der Waals surface area contributed by atoms with E-state index in [4.69, 9.17) is 4.98 Å². The van der Waals surface area contributed by atoms with Crippen LogP contribution in [0.1, 0.15) is 34.5 Å². The van der Waals surface area contributed by atoms with Crippen LogP contribution in [0.5, 0.6) is 0 Å². The molecule has 1 fully saturated rings. The molecule has 0 aromatic carbocycles. The van der Waals surface area contributed by atoms with E-state index < -0.39 is 0 Å². The van der Waals surface area contributed by atoms with Crippen molar-refractivity contribution >= 4 is 17.7 Å². The van der Waals surface area contributed by atoms with Gasteiger partial charge >= 0.3 is 0 Å². The number of aromatic nitrogens is 3. The molecule has 0 spiro atoms. The van der Waals surface area contributed by atoms with E-state index in [1.165, 1.54) is 5.56 Å². The zero-order valence-corrected chi connectivity index (χ0v) is 16.1. The van der Waals surface area contributed by atoms with Crippen LogP contribution in [0.15, 0.2) is 24.5 Å². The minimum Gasteiger partial charge on any atom is -0.362 e. The number of pyridine rings is 1. The van der Waals surface area contributed by atoms with Crippen LogP contribution >= 0.6 is 0 Å². The molecule has 0 unspecified atom stereocenters. The van der Waals surface area contributed by atoms with Gasteiger partial charge in [-0.2, -0.15) is 0 Å². The maximum atomic E-state index is 13.1. The zero-order valence-electron chi connectivity index (χ0n) is 16.1. The number of amides is 1. The molecule has 1 amide bonds. The summed E-state index contributed by atoms with van der Waals surface area (Å²) in [7, 11) is 3.91. The highest BCUT2D eigenvalue weighted by atomic mass is 16.2. The van der Waals surface area contributed by atoms with Crippen LogP contribution in [-0.2, 0) is 12.8 Å². The first-order chi connectivity index (χ1) is 13.1. The van der Waals surface area contributed by atoms with Crippen LogP contribution < -0.4 is 9.80 Å². The molecule has 27 heavy (non-hydrogen) atoms. The molecular weight excluding hydrogens is 340 g/mol. The molecular formula is C20H26N6O. The highest BCUT2D eigenvalue weighted by molar-refractivity contribution is 5.99. The smallest absolute Gasteiger partial charge is 0.257 e. The molecule has 7 nitrogen and oxygen atoms in total. The molecule has 7 heteroatoms. The minimum absolute atomic E-state index is 0.110. The molecule has 4 rings (SSSR count). The summed E-state index contributed by atoms with van der Waals surface area (Å²) in [6.45, 7) is 3.36. The SMILES string of the molecule is CN(C)c1nc2c(cc1C(=O)N1CCCC1)CCN(c1ncccn1)CC2. The van der Waals surface area contributed by atoms with Gasteiger partial charge in [-0.3, -0.25) is 4.79 Å². The number of hydrogen-bond donors (Lipinski definition) is 0. The van der Waals surface area contributed by atoms with Crippen molar-refractivity contribution in [3.05, 3.63) is 41.3 Å². The largest absolute Gasteiger partial charge is 0.362 e. The fourth-order valence-corrected chi connectivity index (χ4v) is 3.87. The maximum Gasteiger partial charge on any atom is 0.257 e. The average molecular weight is 366 g/mol. The van der Waals surface area contributed by atoms with Crippen molar-refractivity contribution in [1.29, 1.82) is 0 Å². The quantitative estimate of drug-likeness (QED) is 0.825. The molecule has 0 bridgehead atoms. The van der Waals surface area contributed by atoms with Gasteiger partial charge in [0.15, 0.2) is 0 Å². The van der Waals surface area contributed by atoms with Gasteiger partial charge in [-0.15, -0.1) is 0 Å². The molecule has 4 heterocycles. The van der Waals surface area contributed by atoms with Crippen molar-refractivity contribution in [2.75, 3.05) is 50.1 Å². The Balaban J connectivity index is 1.64. The minimum atomic E-state index is 0.110. The van der Waals surface area contributed by atoms with Crippen molar-refractivity contribution in [3.63, 3.8) is 0 Å². The number of carbonyl (C=O) groups excluding carboxylic acids is 1. The van der Waals surface area contributed by atoms with E-state index in [0.29, 0.717) is 0 Å². The summed E-state index contributed by atoms with van der Waals surface area (Å²) >= 11 is 0. The number of carbonyl (C=O) groups is 1. The van der Waals surface area contributed by atoms with Gasteiger partial charge in [-0.1, -0.05) is 0 Å². The monoisotopic (exact) mass is 366 g/mol. The van der Waals surface area contributed by atoms with Gasteiger partial charge in [0.25, 0.3) is 5.91 Å². The van der Waals surface area contributed by atoms with Gasteiger partial charge in [0.05, 0.1) is 5.56 Å². The van der Waals surface area contributed by atoms with Gasteiger partial charge < -0.3 is 14.7 Å². The second-order valence-corrected chi connectivity index (χ2v) is 7.39. The predicted octanol–water partition coefficient (Wildman–Crippen LogP) is 1.78. The number of anilines is 2. The van der Waals surface area contributed by atoms with Crippen LogP contribution in [0.25, 0.3) is 0 Å². The van der Waals surface area contributed by atoms with Crippen molar-refractivity contribution in [2.24, 2.45) is 0 Å². The predicted molar refractivity (Wildman–Crippen MR) is 105 cm³/mol. The molecule has 2 aliphatic heterocycles. The Morgan fingerprint density at radius 3 is 2.44 bits per heavy atom. The Bertz CT molecular complexity index is 817. The summed E-state index contributed by atoms with van der Waals surface area (Å²) in [5, 5.41) is 0. The van der Waals surface area contributed by atoms with E-state index in [1.54, 1.807) is 12.4 Å². The van der Waals surface area contributed by atoms with Crippen molar-refractivity contribution in [1.82, 2.24) is 19.9 Å². The first-order valence-corrected chi connectivity index (χ1v) is 9.65. The second-order valence-electron chi connectivity index (χ2n) is 7.39. The normalized spacial score (nSPS) is 16.8. The van der Waals surface area contributed by atoms with Gasteiger partial charge in [0.2, 0.25) is 5.95 Å². The molecule has 0 saturated carbocycles. The van der Waals surface area contributed by atoms with Gasteiger partial charge in [0, 0.05) is 64.8 Å². The summed E-state index contributed by atoms with van der Waals surface area (Å²) in [5.74, 6) is 1.64. The van der Waals surface area contributed by atoms with Crippen LogP contribution in [0.4, 0.5) is 11.8 Å². The molecule has 0 atom stereocenters. The number of rotatable bonds is 3. The Morgan fingerprint density at radius 2 is 1.74 bits per heavy atom. The second kappa shape index (κ2) is 7.50. The molecule has 2 aromatic heterocycles. The standard InChI is InChI=1S/C20H26N6O/c1-24(2)18-16(19(27)25-10-3-4-11-25)14-15-6-12-26(13-7-17(15)23-18)20-21-8-5-9-22-20/h5,8-9,14H,3-4,6-7,10-13H2,1-2H3. The molecule has 2 aromatic rings. The number of hydrogen-bond acceptors (Lipinski definition) is 6. The molecule has 0 aliphatic carbocycles. The lowest BCUT2D eigenvalue weighted by atomic mass is 10.0. The van der Waals surface area contributed by atoms with E-state index in [1.807, 2.05) is 30.0 Å². The molecule has 0 radical (unpaired) electrons. The maximum absolute atomic E-state index is 13.1. The van der Waals surface area contributed by atoms with Gasteiger partial charge in [-0.05, 0) is 37.0 Å². The van der Waals surface area contributed by atoms with E-state index in [-0.39, 0.29) is 5.91 Å². The van der Waals surface area contributed by atoms with Crippen LogP contribution in [0.2, 0.25) is 0 Å². The first kappa shape index (κ1) is 17.7. The number of nitrogens with zero attached hydrogens (tertiary/aromatic N) is 6. The van der Waals surface area contributed by atoms with E-state index in [9.17, 15) is 4.79 Å². The lowest BCUT2D eigenvalue weighted by Gasteiger charge is -2.22. The topological polar surface area (TPSA) is 65.5 Å². The fourth-order valence-electron chi connectivity index (χ4n) is 3.87. The summed E-state index contributed by atoms with van der Waals surface area (Å²) in [4.78, 5) is 32.8. The van der Waals surface area contributed by atoms with E-state index >= 15 is 0 Å². The number of likely N-dealkylation sites (tertiary alicyclic amines) is 1. The van der Waals surface area contributed by atoms with Gasteiger partial charge in [0.1, 0.15) is 5.82 Å². The Hall–Kier alpha value is -2.70. The lowest BCUT2D eigenvalue weighted by Crippen LogP contribution is -2.30. The van der Waals surface area contributed by atoms with Gasteiger partial charge in [-0.25, -0.2) is 15.0 Å². The third kappa shape index (κ3) is 3.59. The van der Waals surface area contributed by atoms with Crippen molar-refractivity contribution in [2.45, 2.75) is 25.7 Å². The Morgan fingerprint density at radius 1 is 1.04 bits per heavy atom. The number of fused-ring (bicyclic) bond motifs is 1. The molecule has 2 aliphatic rings. The molecule has 142 valence electrons. The van der Waals surface area contributed by atoms with Crippen molar-refractivity contribution < 1.29 is 4.79 Å². The van der Waals surface area contributed by atoms with Crippen LogP contribution in [0, 0.1) is 0 Å². The summed E-state index contributed by atoms with van der Waals surface area (Å²) in [6.07, 6.45) is 7.40. The molecule has 1 saturated heterocycles. The van der Waals surface area contributed by atoms with Crippen LogP contribution in [-0.4, -0.2) is 66.0 Å². The average Bonchev–Trinajstić information content (AvgIpc) is 3.14. The molecule has 0 N–H and O–H groups in total. The summed E-state index contributed by atoms with van der Waals surface area (Å²) in [6, 6.07) is 3.91. The van der Waals surface area contributed by atoms with E-state index in [2.05, 4.69) is 20.9 Å². The fraction of sp³-hybridized carbons (Fsp3) is 0.500. The Labute approximate surface area is 160 Å². The van der Waals surface area contributed by atoms with E-state index in [0.717, 1.165) is 74.9 Å². The summed E-state index contributed by atoms with van der Waals surface area (Å²) < 4.78 is 0. The highest BCUT2D eigenvalue weighted by Gasteiger charge is 2.26. The first-order valence-electron chi connectivity index (χ1n) is 9.65. The lowest BCUT2D eigenvalue weighted by molar-refractivity contribution is 0.0793. The zero-order chi connectivity index (χ0) is 18.8. The highest BCUT2D eigenvalue weighted by Crippen LogP contribution is 2.26. The summed E-state index contributed by atoms with van der Waals surface area (Å²) in [5.41, 5.74) is 2.97. The Kier molecular flexibility index (Phi) is 4.92.